The molecule has 0 unspecified atom stereocenters. The van der Waals surface area contributed by atoms with Crippen LogP contribution >= 0.6 is 23.4 Å². The van der Waals surface area contributed by atoms with E-state index >= 15 is 0 Å². The summed E-state index contributed by atoms with van der Waals surface area (Å²) in [5.41, 5.74) is 0.819. The fourth-order valence-corrected chi connectivity index (χ4v) is 3.16. The third-order valence-electron chi connectivity index (χ3n) is 3.42. The first-order valence-corrected chi connectivity index (χ1v) is 9.14. The predicted octanol–water partition coefficient (Wildman–Crippen LogP) is 4.89. The molecule has 0 saturated heterocycles. The van der Waals surface area contributed by atoms with Gasteiger partial charge < -0.3 is 9.52 Å². The topological polar surface area (TPSA) is 92.0 Å². The molecule has 26 heavy (non-hydrogen) atoms. The van der Waals surface area contributed by atoms with E-state index in [1.807, 2.05) is 19.1 Å². The highest BCUT2D eigenvalue weighted by atomic mass is 35.5. The van der Waals surface area contributed by atoms with E-state index in [9.17, 15) is 9.90 Å². The van der Waals surface area contributed by atoms with Gasteiger partial charge in [0.05, 0.1) is 0 Å². The van der Waals surface area contributed by atoms with Crippen molar-refractivity contribution in [2.45, 2.75) is 24.9 Å². The van der Waals surface area contributed by atoms with Gasteiger partial charge in [-0.2, -0.15) is 0 Å². The van der Waals surface area contributed by atoms with Gasteiger partial charge >= 0.3 is 5.97 Å². The van der Waals surface area contributed by atoms with E-state index in [4.69, 9.17) is 16.0 Å². The van der Waals surface area contributed by atoms with E-state index in [2.05, 4.69) is 15.2 Å². The molecule has 0 spiro atoms. The van der Waals surface area contributed by atoms with Crippen molar-refractivity contribution < 1.29 is 14.3 Å². The molecule has 0 bridgehead atoms. The van der Waals surface area contributed by atoms with Crippen molar-refractivity contribution in [1.29, 1.82) is 0 Å². The summed E-state index contributed by atoms with van der Waals surface area (Å²) in [4.78, 5) is 15.9. The van der Waals surface area contributed by atoms with Crippen LogP contribution in [0.5, 0.6) is 0 Å². The molecule has 0 aliphatic carbocycles. The Morgan fingerprint density at radius 3 is 2.96 bits per heavy atom. The third kappa shape index (κ3) is 4.56. The summed E-state index contributed by atoms with van der Waals surface area (Å²) in [6, 6.07) is 10.7. The number of aromatic nitrogens is 3. The summed E-state index contributed by atoms with van der Waals surface area (Å²) in [6.07, 6.45) is 3.15. The normalized spacial score (nSPS) is 11.7. The van der Waals surface area contributed by atoms with Gasteiger partial charge in [0, 0.05) is 23.1 Å². The highest BCUT2D eigenvalue weighted by Crippen LogP contribution is 2.29. The van der Waals surface area contributed by atoms with Gasteiger partial charge in [-0.15, -0.1) is 5.10 Å². The minimum absolute atomic E-state index is 0.0686. The van der Waals surface area contributed by atoms with E-state index in [-0.39, 0.29) is 4.91 Å². The van der Waals surface area contributed by atoms with E-state index in [0.29, 0.717) is 21.7 Å². The largest absolute Gasteiger partial charge is 0.477 e. The van der Waals surface area contributed by atoms with Crippen molar-refractivity contribution in [2.75, 3.05) is 0 Å². The number of benzene rings is 1. The number of hydrogen-bond donors (Lipinski definition) is 2. The molecule has 8 heteroatoms. The molecule has 0 atom stereocenters. The van der Waals surface area contributed by atoms with Crippen LogP contribution < -0.4 is 0 Å². The lowest BCUT2D eigenvalue weighted by Crippen LogP contribution is -1.97. The predicted molar refractivity (Wildman–Crippen MR) is 101 cm³/mol. The Balaban J connectivity index is 1.81. The molecule has 2 aromatic heterocycles. The lowest BCUT2D eigenvalue weighted by atomic mass is 10.2. The number of carbonyl (C=O) groups is 1. The van der Waals surface area contributed by atoms with Crippen LogP contribution in [0.15, 0.2) is 50.9 Å². The zero-order valence-corrected chi connectivity index (χ0v) is 15.5. The van der Waals surface area contributed by atoms with Crippen molar-refractivity contribution in [1.82, 2.24) is 15.2 Å². The number of rotatable bonds is 7. The standard InChI is InChI=1S/C18H16ClN3O3S/c1-2-4-16-20-18(22-21-16)26-15(17(23)24)10-13-7-8-14(25-13)11-5-3-6-12(19)9-11/h3,5-10H,2,4H2,1H3,(H,23,24)(H,20,21,22)/b15-10-. The summed E-state index contributed by atoms with van der Waals surface area (Å²) < 4.78 is 5.73. The fourth-order valence-electron chi connectivity index (χ4n) is 2.26. The summed E-state index contributed by atoms with van der Waals surface area (Å²) >= 11 is 6.96. The molecular formula is C18H16ClN3O3S. The SMILES string of the molecule is CCCc1nc(S/C(=C\c2ccc(-c3cccc(Cl)c3)o2)C(=O)O)n[nH]1. The second-order valence-electron chi connectivity index (χ2n) is 5.44. The monoisotopic (exact) mass is 389 g/mol. The number of furan rings is 1. The van der Waals surface area contributed by atoms with Crippen LogP contribution in [0.1, 0.15) is 24.9 Å². The highest BCUT2D eigenvalue weighted by Gasteiger charge is 2.15. The van der Waals surface area contributed by atoms with Gasteiger partial charge in [0.25, 0.3) is 0 Å². The first kappa shape index (κ1) is 18.3. The molecule has 1 aromatic carbocycles. The molecule has 0 saturated carbocycles. The molecule has 0 aliphatic rings. The van der Waals surface area contributed by atoms with Gasteiger partial charge in [-0.25, -0.2) is 9.78 Å². The number of hydrogen-bond acceptors (Lipinski definition) is 5. The molecular weight excluding hydrogens is 374 g/mol. The molecule has 6 nitrogen and oxygen atoms in total. The molecule has 2 heterocycles. The van der Waals surface area contributed by atoms with Gasteiger partial charge in [0.1, 0.15) is 22.3 Å². The van der Waals surface area contributed by atoms with Crippen molar-refractivity contribution in [2.24, 2.45) is 0 Å². The maximum atomic E-state index is 11.5. The lowest BCUT2D eigenvalue weighted by Gasteiger charge is -1.99. The molecule has 0 aliphatic heterocycles. The number of aromatic amines is 1. The van der Waals surface area contributed by atoms with Crippen LogP contribution in [0.4, 0.5) is 0 Å². The zero-order chi connectivity index (χ0) is 18.5. The number of H-pyrrole nitrogens is 1. The summed E-state index contributed by atoms with van der Waals surface area (Å²) in [7, 11) is 0. The number of nitrogens with one attached hydrogen (secondary N) is 1. The van der Waals surface area contributed by atoms with Gasteiger partial charge in [-0.3, -0.25) is 5.10 Å². The summed E-state index contributed by atoms with van der Waals surface area (Å²) in [6.45, 7) is 2.03. The number of aryl methyl sites for hydroxylation is 1. The average molecular weight is 390 g/mol. The molecule has 134 valence electrons. The zero-order valence-electron chi connectivity index (χ0n) is 13.9. The Hall–Kier alpha value is -2.51. The number of halogens is 1. The molecule has 0 fully saturated rings. The number of thioether (sulfide) groups is 1. The Kier molecular flexibility index (Phi) is 5.80. The van der Waals surface area contributed by atoms with Crippen LogP contribution in [0, 0.1) is 0 Å². The van der Waals surface area contributed by atoms with Crippen LogP contribution in [0.2, 0.25) is 5.02 Å². The van der Waals surface area contributed by atoms with Crippen molar-refractivity contribution in [3.8, 4) is 11.3 Å². The maximum Gasteiger partial charge on any atom is 0.342 e. The maximum absolute atomic E-state index is 11.5. The number of aliphatic carboxylic acids is 1. The van der Waals surface area contributed by atoms with E-state index in [0.717, 1.165) is 36.0 Å². The molecule has 3 aromatic rings. The number of carboxylic acids is 1. The van der Waals surface area contributed by atoms with Crippen molar-refractivity contribution in [3.63, 3.8) is 0 Å². The van der Waals surface area contributed by atoms with E-state index in [1.54, 1.807) is 24.3 Å². The van der Waals surface area contributed by atoms with Crippen LogP contribution in [0.3, 0.4) is 0 Å². The van der Waals surface area contributed by atoms with Crippen LogP contribution in [-0.2, 0) is 11.2 Å². The molecule has 2 N–H and O–H groups in total. The fraction of sp³-hybridized carbons (Fsp3) is 0.167. The minimum atomic E-state index is -1.07. The second-order valence-corrected chi connectivity index (χ2v) is 6.89. The Morgan fingerprint density at radius 1 is 1.38 bits per heavy atom. The second kappa shape index (κ2) is 8.25. The molecule has 3 rings (SSSR count). The van der Waals surface area contributed by atoms with Gasteiger partial charge in [-0.05, 0) is 42.4 Å². The van der Waals surface area contributed by atoms with E-state index < -0.39 is 5.97 Å². The lowest BCUT2D eigenvalue weighted by molar-refractivity contribution is -0.131. The van der Waals surface area contributed by atoms with Crippen LogP contribution in [-0.4, -0.2) is 26.3 Å². The quantitative estimate of drug-likeness (QED) is 0.441. The summed E-state index contributed by atoms with van der Waals surface area (Å²) in [5, 5.41) is 17.3. The van der Waals surface area contributed by atoms with Crippen molar-refractivity contribution >= 4 is 35.4 Å². The average Bonchev–Trinajstić information content (AvgIpc) is 3.24. The number of nitrogens with zero attached hydrogens (tertiary/aromatic N) is 2. The van der Waals surface area contributed by atoms with E-state index in [1.165, 1.54) is 6.08 Å². The first-order chi connectivity index (χ1) is 12.5. The van der Waals surface area contributed by atoms with Gasteiger partial charge in [0.2, 0.25) is 5.16 Å². The Bertz CT molecular complexity index is 949. The van der Waals surface area contributed by atoms with Gasteiger partial charge in [0.15, 0.2) is 0 Å². The minimum Gasteiger partial charge on any atom is -0.477 e. The van der Waals surface area contributed by atoms with Crippen LogP contribution in [0.25, 0.3) is 17.4 Å². The summed E-state index contributed by atoms with van der Waals surface area (Å²) in [5.74, 6) is 0.698. The molecule has 0 radical (unpaired) electrons. The Morgan fingerprint density at radius 2 is 2.23 bits per heavy atom. The van der Waals surface area contributed by atoms with Crippen molar-refractivity contribution in [3.05, 3.63) is 57.9 Å². The molecule has 0 amide bonds. The highest BCUT2D eigenvalue weighted by molar-refractivity contribution is 8.04. The third-order valence-corrected chi connectivity index (χ3v) is 4.53. The smallest absolute Gasteiger partial charge is 0.342 e. The number of carboxylic acid groups (broad SMARTS) is 1. The van der Waals surface area contributed by atoms with Gasteiger partial charge in [-0.1, -0.05) is 30.7 Å². The Labute approximate surface area is 159 Å². The first-order valence-electron chi connectivity index (χ1n) is 7.95.